The molecule has 1 aromatic heterocycles. The summed E-state index contributed by atoms with van der Waals surface area (Å²) in [6.07, 6.45) is -2.86. The molecule has 1 amide bonds. The lowest BCUT2D eigenvalue weighted by atomic mass is 10.1. The second-order valence-corrected chi connectivity index (χ2v) is 8.30. The molecule has 1 heterocycles. The maximum atomic E-state index is 13.2. The minimum absolute atomic E-state index is 0.0581. The van der Waals surface area contributed by atoms with E-state index in [-0.39, 0.29) is 42.6 Å². The molecular formula is C25H24F3N3O3. The fourth-order valence-corrected chi connectivity index (χ4v) is 4.37. The van der Waals surface area contributed by atoms with Gasteiger partial charge >= 0.3 is 6.18 Å². The van der Waals surface area contributed by atoms with Gasteiger partial charge in [0.25, 0.3) is 5.56 Å². The first-order chi connectivity index (χ1) is 16.2. The first kappa shape index (κ1) is 23.7. The Morgan fingerprint density at radius 1 is 1.18 bits per heavy atom. The lowest BCUT2D eigenvalue weighted by molar-refractivity contribution is -0.137. The average molecular weight is 471 g/mol. The number of aryl methyl sites for hydroxylation is 2. The van der Waals surface area contributed by atoms with Crippen molar-refractivity contribution < 1.29 is 23.1 Å². The summed E-state index contributed by atoms with van der Waals surface area (Å²) in [6, 6.07) is 11.9. The third-order valence-corrected chi connectivity index (χ3v) is 6.07. The lowest BCUT2D eigenvalue weighted by Gasteiger charge is -2.18. The van der Waals surface area contributed by atoms with E-state index in [1.165, 1.54) is 12.1 Å². The molecule has 0 aliphatic heterocycles. The van der Waals surface area contributed by atoms with Crippen molar-refractivity contribution in [3.63, 3.8) is 0 Å². The highest BCUT2D eigenvalue weighted by molar-refractivity contribution is 5.77. The molecule has 0 unspecified atom stereocenters. The molecule has 6 nitrogen and oxygen atoms in total. The first-order valence-electron chi connectivity index (χ1n) is 10.9. The summed E-state index contributed by atoms with van der Waals surface area (Å²) >= 11 is 0. The number of rotatable bonds is 6. The quantitative estimate of drug-likeness (QED) is 0.576. The van der Waals surface area contributed by atoms with E-state index >= 15 is 0 Å². The number of aromatic nitrogens is 2. The van der Waals surface area contributed by atoms with Gasteiger partial charge in [0, 0.05) is 29.8 Å². The molecule has 178 valence electrons. The fraction of sp³-hybridized carbons (Fsp3) is 0.320. The van der Waals surface area contributed by atoms with Crippen molar-refractivity contribution in [2.45, 2.75) is 44.9 Å². The molecule has 0 fully saturated rings. The molecule has 1 aliphatic carbocycles. The van der Waals surface area contributed by atoms with Crippen molar-refractivity contribution in [1.29, 1.82) is 0 Å². The molecule has 0 saturated carbocycles. The Labute approximate surface area is 194 Å². The number of halogens is 3. The number of carbonyl (C=O) groups excluding carboxylic acids is 1. The van der Waals surface area contributed by atoms with Crippen LogP contribution in [0.5, 0.6) is 0 Å². The SMILES string of the molecule is Cc1nc(-c2ccc(C(F)(F)F)cc2)n(CC(=O)N[C@@H]2CCc3ccccc32)c(=O)c1CCO. The van der Waals surface area contributed by atoms with Crippen LogP contribution in [0.3, 0.4) is 0 Å². The molecule has 1 atom stereocenters. The third kappa shape index (κ3) is 4.75. The van der Waals surface area contributed by atoms with Gasteiger partial charge in [-0.05, 0) is 43.0 Å². The van der Waals surface area contributed by atoms with E-state index in [0.29, 0.717) is 5.69 Å². The van der Waals surface area contributed by atoms with Crippen molar-refractivity contribution in [2.75, 3.05) is 6.61 Å². The van der Waals surface area contributed by atoms with Crippen molar-refractivity contribution in [3.8, 4) is 11.4 Å². The number of carbonyl (C=O) groups is 1. The van der Waals surface area contributed by atoms with Gasteiger partial charge in [-0.3, -0.25) is 14.2 Å². The van der Waals surface area contributed by atoms with Crippen molar-refractivity contribution in [1.82, 2.24) is 14.9 Å². The topological polar surface area (TPSA) is 84.2 Å². The van der Waals surface area contributed by atoms with E-state index in [2.05, 4.69) is 10.3 Å². The van der Waals surface area contributed by atoms with Crippen LogP contribution < -0.4 is 10.9 Å². The van der Waals surface area contributed by atoms with Gasteiger partial charge in [-0.1, -0.05) is 36.4 Å². The van der Waals surface area contributed by atoms with Crippen LogP contribution in [0.4, 0.5) is 13.2 Å². The third-order valence-electron chi connectivity index (χ3n) is 6.07. The molecule has 2 N–H and O–H groups in total. The molecule has 1 aliphatic rings. The van der Waals surface area contributed by atoms with Gasteiger partial charge in [0.2, 0.25) is 5.91 Å². The highest BCUT2D eigenvalue weighted by atomic mass is 19.4. The van der Waals surface area contributed by atoms with Crippen LogP contribution in [0.15, 0.2) is 53.3 Å². The Bertz CT molecular complexity index is 1270. The summed E-state index contributed by atoms with van der Waals surface area (Å²) in [7, 11) is 0. The number of nitrogens with zero attached hydrogens (tertiary/aromatic N) is 2. The zero-order chi connectivity index (χ0) is 24.5. The number of fused-ring (bicyclic) bond motifs is 1. The van der Waals surface area contributed by atoms with E-state index < -0.39 is 23.2 Å². The number of aliphatic hydroxyl groups excluding tert-OH is 1. The zero-order valence-electron chi connectivity index (χ0n) is 18.5. The molecule has 2 aromatic carbocycles. The summed E-state index contributed by atoms with van der Waals surface area (Å²) < 4.78 is 40.1. The molecule has 9 heteroatoms. The summed E-state index contributed by atoms with van der Waals surface area (Å²) in [6.45, 7) is 0.974. The van der Waals surface area contributed by atoms with Crippen LogP contribution in [-0.4, -0.2) is 27.2 Å². The van der Waals surface area contributed by atoms with Crippen LogP contribution in [0, 0.1) is 6.92 Å². The molecule has 3 aromatic rings. The van der Waals surface area contributed by atoms with Gasteiger partial charge in [-0.25, -0.2) is 4.98 Å². The van der Waals surface area contributed by atoms with Gasteiger partial charge in [0.15, 0.2) is 0 Å². The van der Waals surface area contributed by atoms with E-state index in [1.807, 2.05) is 24.3 Å². The Kier molecular flexibility index (Phi) is 6.56. The highest BCUT2D eigenvalue weighted by Gasteiger charge is 2.30. The fourth-order valence-electron chi connectivity index (χ4n) is 4.37. The molecule has 0 radical (unpaired) electrons. The maximum absolute atomic E-state index is 13.2. The van der Waals surface area contributed by atoms with E-state index in [9.17, 15) is 27.9 Å². The van der Waals surface area contributed by atoms with Gasteiger partial charge in [-0.2, -0.15) is 13.2 Å². The number of amides is 1. The number of nitrogens with one attached hydrogen (secondary N) is 1. The van der Waals surface area contributed by atoms with Crippen LogP contribution in [-0.2, 0) is 30.4 Å². The van der Waals surface area contributed by atoms with Crippen LogP contribution in [0.2, 0.25) is 0 Å². The maximum Gasteiger partial charge on any atom is 0.416 e. The van der Waals surface area contributed by atoms with E-state index in [0.717, 1.165) is 40.7 Å². The van der Waals surface area contributed by atoms with Gasteiger partial charge in [-0.15, -0.1) is 0 Å². The lowest BCUT2D eigenvalue weighted by Crippen LogP contribution is -2.36. The minimum Gasteiger partial charge on any atom is -0.396 e. The molecule has 34 heavy (non-hydrogen) atoms. The predicted molar refractivity (Wildman–Crippen MR) is 120 cm³/mol. The van der Waals surface area contributed by atoms with Crippen molar-refractivity contribution >= 4 is 5.91 Å². The molecule has 0 saturated heterocycles. The predicted octanol–water partition coefficient (Wildman–Crippen LogP) is 3.58. The summed E-state index contributed by atoms with van der Waals surface area (Å²) in [5.41, 5.74) is 1.77. The summed E-state index contributed by atoms with van der Waals surface area (Å²) in [5, 5.41) is 12.3. The Morgan fingerprint density at radius 3 is 2.56 bits per heavy atom. The van der Waals surface area contributed by atoms with Crippen LogP contribution in [0.1, 0.15) is 40.4 Å². The standard InChI is InChI=1S/C25H24F3N3O3/c1-15-19(12-13-32)24(34)31(23(29-15)17-6-9-18(10-7-17)25(26,27)28)14-22(33)30-21-11-8-16-4-2-3-5-20(16)21/h2-7,9-10,21,32H,8,11-14H2,1H3,(H,30,33)/t21-/m1/s1. The molecular weight excluding hydrogens is 447 g/mol. The van der Waals surface area contributed by atoms with E-state index in [1.54, 1.807) is 6.92 Å². The van der Waals surface area contributed by atoms with Crippen LogP contribution >= 0.6 is 0 Å². The highest BCUT2D eigenvalue weighted by Crippen LogP contribution is 2.32. The number of aliphatic hydroxyl groups is 1. The summed E-state index contributed by atoms with van der Waals surface area (Å²) in [4.78, 5) is 30.6. The normalized spacial score (nSPS) is 15.3. The molecule has 0 bridgehead atoms. The average Bonchev–Trinajstić information content (AvgIpc) is 3.20. The Balaban J connectivity index is 1.68. The first-order valence-corrected chi connectivity index (χ1v) is 10.9. The monoisotopic (exact) mass is 471 g/mol. The largest absolute Gasteiger partial charge is 0.416 e. The van der Waals surface area contributed by atoms with Crippen LogP contribution in [0.25, 0.3) is 11.4 Å². The number of benzene rings is 2. The van der Waals surface area contributed by atoms with Crippen molar-refractivity contribution in [2.24, 2.45) is 0 Å². The minimum atomic E-state index is -4.50. The molecule has 0 spiro atoms. The number of hydrogen-bond acceptors (Lipinski definition) is 4. The van der Waals surface area contributed by atoms with Gasteiger partial charge < -0.3 is 10.4 Å². The van der Waals surface area contributed by atoms with Gasteiger partial charge in [0.1, 0.15) is 12.4 Å². The Hall–Kier alpha value is -3.46. The smallest absolute Gasteiger partial charge is 0.396 e. The number of alkyl halides is 3. The second-order valence-electron chi connectivity index (χ2n) is 8.30. The second kappa shape index (κ2) is 9.42. The zero-order valence-corrected chi connectivity index (χ0v) is 18.5. The number of hydrogen-bond donors (Lipinski definition) is 2. The Morgan fingerprint density at radius 2 is 1.88 bits per heavy atom. The van der Waals surface area contributed by atoms with Gasteiger partial charge in [0.05, 0.1) is 11.6 Å². The van der Waals surface area contributed by atoms with Crippen molar-refractivity contribution in [3.05, 3.63) is 86.8 Å². The van der Waals surface area contributed by atoms with E-state index in [4.69, 9.17) is 0 Å². The summed E-state index contributed by atoms with van der Waals surface area (Å²) in [5.74, 6) is -0.308. The molecule has 4 rings (SSSR count).